The number of aliphatic carboxylic acids is 2. The summed E-state index contributed by atoms with van der Waals surface area (Å²) in [5.74, 6) is -2.26. The highest BCUT2D eigenvalue weighted by Gasteiger charge is 2.19. The van der Waals surface area contributed by atoms with Crippen LogP contribution in [0, 0.1) is 5.92 Å². The van der Waals surface area contributed by atoms with Gasteiger partial charge in [-0.2, -0.15) is 0 Å². The van der Waals surface area contributed by atoms with E-state index in [2.05, 4.69) is 0 Å². The van der Waals surface area contributed by atoms with Gasteiger partial charge in [-0.3, -0.25) is 19.2 Å². The molecule has 138 valence electrons. The number of Topliss-reactive ketones (excluding diaryl/α,β-unsaturated/α-hetero) is 2. The minimum atomic E-state index is -1.02. The Bertz CT molecular complexity index is 576. The smallest absolute Gasteiger partial charge is 0.314 e. The summed E-state index contributed by atoms with van der Waals surface area (Å²) in [6.07, 6.45) is 0.958. The Labute approximate surface area is 146 Å². The van der Waals surface area contributed by atoms with Crippen molar-refractivity contribution < 1.29 is 34.1 Å². The number of hydrogen-bond acceptors (Lipinski definition) is 5. The summed E-state index contributed by atoms with van der Waals surface area (Å²) in [4.78, 5) is 41.8. The van der Waals surface area contributed by atoms with E-state index in [9.17, 15) is 19.2 Å². The average molecular weight is 352 g/mol. The molecule has 2 N–H and O–H groups in total. The van der Waals surface area contributed by atoms with E-state index < -0.39 is 17.9 Å². The fraction of sp³-hybridized carbons (Fsp3) is 0.444. The molecule has 25 heavy (non-hydrogen) atoms. The van der Waals surface area contributed by atoms with Crippen LogP contribution >= 0.6 is 0 Å². The highest BCUT2D eigenvalue weighted by molar-refractivity contribution is 5.96. The molecule has 0 saturated heterocycles. The molecule has 7 nitrogen and oxygen atoms in total. The van der Waals surface area contributed by atoms with E-state index in [0.29, 0.717) is 30.8 Å². The van der Waals surface area contributed by atoms with E-state index in [1.54, 1.807) is 31.2 Å². The lowest BCUT2D eigenvalue weighted by atomic mass is 10.0. The third-order valence-electron chi connectivity index (χ3n) is 3.26. The van der Waals surface area contributed by atoms with Crippen molar-refractivity contribution in [1.82, 2.24) is 0 Å². The quantitative estimate of drug-likeness (QED) is 0.398. The minimum Gasteiger partial charge on any atom is -0.494 e. The number of carbonyl (C=O) groups is 4. The topological polar surface area (TPSA) is 118 Å². The molecule has 0 aliphatic heterocycles. The largest absolute Gasteiger partial charge is 0.494 e. The van der Waals surface area contributed by atoms with Gasteiger partial charge in [0.1, 0.15) is 17.5 Å². The van der Waals surface area contributed by atoms with Crippen LogP contribution in [0.5, 0.6) is 5.75 Å². The summed E-state index contributed by atoms with van der Waals surface area (Å²) < 4.78 is 5.32. The molecule has 1 unspecified atom stereocenters. The standard InChI is InChI=1S/C12H14O4.C6H10O3/c1-9(13)10-4-6-11(7-5-10)16-8-2-3-12(14)15;1-3-5(4(2)7)6(8)9/h4-7H,2-3,8H2,1H3,(H,14,15);5H,3H2,1-2H3,(H,8,9). The maximum atomic E-state index is 11.0. The van der Waals surface area contributed by atoms with Gasteiger partial charge in [-0.05, 0) is 51.0 Å². The van der Waals surface area contributed by atoms with Crippen LogP contribution in [0.3, 0.4) is 0 Å². The number of benzene rings is 1. The molecule has 0 bridgehead atoms. The fourth-order valence-electron chi connectivity index (χ4n) is 1.84. The molecule has 0 heterocycles. The second-order valence-corrected chi connectivity index (χ2v) is 5.34. The van der Waals surface area contributed by atoms with Crippen molar-refractivity contribution in [2.24, 2.45) is 5.92 Å². The molecule has 0 aliphatic rings. The third kappa shape index (κ3) is 9.91. The molecule has 1 aromatic carbocycles. The average Bonchev–Trinajstić information content (AvgIpc) is 2.52. The molecule has 7 heteroatoms. The number of carboxylic acids is 2. The van der Waals surface area contributed by atoms with Crippen LogP contribution in [-0.2, 0) is 14.4 Å². The molecular formula is C18H24O7. The van der Waals surface area contributed by atoms with Crippen LogP contribution in [0.15, 0.2) is 24.3 Å². The van der Waals surface area contributed by atoms with Gasteiger partial charge in [0, 0.05) is 12.0 Å². The van der Waals surface area contributed by atoms with Crippen molar-refractivity contribution in [3.8, 4) is 5.75 Å². The Morgan fingerprint density at radius 1 is 1.04 bits per heavy atom. The van der Waals surface area contributed by atoms with Crippen LogP contribution in [0.25, 0.3) is 0 Å². The van der Waals surface area contributed by atoms with E-state index in [-0.39, 0.29) is 18.0 Å². The third-order valence-corrected chi connectivity index (χ3v) is 3.26. The summed E-state index contributed by atoms with van der Waals surface area (Å²) >= 11 is 0. The highest BCUT2D eigenvalue weighted by Crippen LogP contribution is 2.12. The zero-order valence-electron chi connectivity index (χ0n) is 14.7. The SMILES string of the molecule is CC(=O)c1ccc(OCCCC(=O)O)cc1.CCC(C(C)=O)C(=O)O. The van der Waals surface area contributed by atoms with Gasteiger partial charge in [-0.15, -0.1) is 0 Å². The Morgan fingerprint density at radius 2 is 1.60 bits per heavy atom. The molecule has 0 fully saturated rings. The van der Waals surface area contributed by atoms with E-state index in [0.717, 1.165) is 0 Å². The first-order valence-corrected chi connectivity index (χ1v) is 7.87. The minimum absolute atomic E-state index is 0.0115. The highest BCUT2D eigenvalue weighted by atomic mass is 16.5. The summed E-state index contributed by atoms with van der Waals surface area (Å²) in [6, 6.07) is 6.79. The predicted octanol–water partition coefficient (Wildman–Crippen LogP) is 2.82. The van der Waals surface area contributed by atoms with Crippen LogP contribution in [0.1, 0.15) is 50.4 Å². The Balaban J connectivity index is 0.000000547. The number of carboxylic acid groups (broad SMARTS) is 2. The fourth-order valence-corrected chi connectivity index (χ4v) is 1.84. The van der Waals surface area contributed by atoms with Gasteiger partial charge in [0.2, 0.25) is 0 Å². The van der Waals surface area contributed by atoms with Gasteiger partial charge in [-0.1, -0.05) is 6.92 Å². The van der Waals surface area contributed by atoms with Crippen LogP contribution in [0.4, 0.5) is 0 Å². The summed E-state index contributed by atoms with van der Waals surface area (Å²) in [5.41, 5.74) is 0.637. The Hall–Kier alpha value is -2.70. The van der Waals surface area contributed by atoms with Gasteiger partial charge < -0.3 is 14.9 Å². The zero-order valence-corrected chi connectivity index (χ0v) is 14.7. The molecule has 1 rings (SSSR count). The first-order chi connectivity index (χ1) is 11.7. The molecule has 0 saturated carbocycles. The first-order valence-electron chi connectivity index (χ1n) is 7.87. The number of hydrogen-bond donors (Lipinski definition) is 2. The molecule has 0 spiro atoms. The number of rotatable bonds is 9. The monoisotopic (exact) mass is 352 g/mol. The van der Waals surface area contributed by atoms with Crippen LogP contribution < -0.4 is 4.74 Å². The van der Waals surface area contributed by atoms with E-state index in [1.807, 2.05) is 0 Å². The Morgan fingerprint density at radius 3 is 1.92 bits per heavy atom. The van der Waals surface area contributed by atoms with Crippen molar-refractivity contribution in [3.05, 3.63) is 29.8 Å². The molecule has 0 aromatic heterocycles. The molecule has 1 aromatic rings. The van der Waals surface area contributed by atoms with E-state index in [4.69, 9.17) is 14.9 Å². The molecule has 0 amide bonds. The van der Waals surface area contributed by atoms with Crippen molar-refractivity contribution in [3.63, 3.8) is 0 Å². The Kier molecular flexibility index (Phi) is 10.5. The van der Waals surface area contributed by atoms with Crippen LogP contribution in [-0.4, -0.2) is 40.3 Å². The van der Waals surface area contributed by atoms with Crippen molar-refractivity contribution in [2.75, 3.05) is 6.61 Å². The van der Waals surface area contributed by atoms with Crippen molar-refractivity contribution in [1.29, 1.82) is 0 Å². The number of ketones is 2. The second-order valence-electron chi connectivity index (χ2n) is 5.34. The second kappa shape index (κ2) is 11.8. The van der Waals surface area contributed by atoms with Gasteiger partial charge in [0.25, 0.3) is 0 Å². The molecule has 0 radical (unpaired) electrons. The zero-order chi connectivity index (χ0) is 19.4. The first kappa shape index (κ1) is 22.3. The maximum Gasteiger partial charge on any atom is 0.314 e. The van der Waals surface area contributed by atoms with Gasteiger partial charge in [0.15, 0.2) is 5.78 Å². The van der Waals surface area contributed by atoms with E-state index in [1.165, 1.54) is 13.8 Å². The molecular weight excluding hydrogens is 328 g/mol. The number of carbonyl (C=O) groups excluding carboxylic acids is 2. The molecule has 1 atom stereocenters. The predicted molar refractivity (Wildman–Crippen MR) is 90.9 cm³/mol. The summed E-state index contributed by atoms with van der Waals surface area (Å²) in [5, 5.41) is 16.7. The summed E-state index contributed by atoms with van der Waals surface area (Å²) in [7, 11) is 0. The van der Waals surface area contributed by atoms with Crippen molar-refractivity contribution >= 4 is 23.5 Å². The van der Waals surface area contributed by atoms with E-state index >= 15 is 0 Å². The van der Waals surface area contributed by atoms with Crippen molar-refractivity contribution in [2.45, 2.75) is 40.0 Å². The lowest BCUT2D eigenvalue weighted by Crippen LogP contribution is -2.19. The molecule has 0 aliphatic carbocycles. The maximum absolute atomic E-state index is 11.0. The van der Waals surface area contributed by atoms with Gasteiger partial charge in [-0.25, -0.2) is 0 Å². The van der Waals surface area contributed by atoms with Gasteiger partial charge >= 0.3 is 11.9 Å². The van der Waals surface area contributed by atoms with Crippen LogP contribution in [0.2, 0.25) is 0 Å². The van der Waals surface area contributed by atoms with Gasteiger partial charge in [0.05, 0.1) is 6.61 Å². The number of ether oxygens (including phenoxy) is 1. The normalized spacial score (nSPS) is 10.8. The lowest BCUT2D eigenvalue weighted by molar-refractivity contribution is -0.145. The summed E-state index contributed by atoms with van der Waals surface area (Å²) in [6.45, 7) is 4.84. The lowest BCUT2D eigenvalue weighted by Gasteiger charge is -2.05.